The van der Waals surface area contributed by atoms with Crippen LogP contribution in [0.1, 0.15) is 84.5 Å². The van der Waals surface area contributed by atoms with Crippen molar-refractivity contribution in [2.75, 3.05) is 13.2 Å². The Morgan fingerprint density at radius 1 is 0.619 bits per heavy atom. The first-order valence-electron chi connectivity index (χ1n) is 8.52. The molecule has 0 radical (unpaired) electrons. The van der Waals surface area contributed by atoms with E-state index in [4.69, 9.17) is 9.47 Å². The van der Waals surface area contributed by atoms with Crippen molar-refractivity contribution in [3.8, 4) is 0 Å². The lowest BCUT2D eigenvalue weighted by atomic mass is 10.1. The molecule has 0 aliphatic heterocycles. The molecule has 0 aliphatic carbocycles. The molecule has 0 saturated carbocycles. The Kier molecular flexibility index (Phi) is 14.6. The van der Waals surface area contributed by atoms with Crippen molar-refractivity contribution in [1.29, 1.82) is 0 Å². The third-order valence-corrected chi connectivity index (χ3v) is 3.28. The molecular formula is C17H32O4. The normalized spacial score (nSPS) is 10.4. The Morgan fingerprint density at radius 2 is 1.10 bits per heavy atom. The standard InChI is InChI=1S/C17H32O4/c1-3-5-7-11-15-21-17(19)13-10-8-9-12-16(18)20-14-6-4-2/h3-15H2,1-2H3. The number of hydrogen-bond donors (Lipinski definition) is 0. The minimum absolute atomic E-state index is 0.114. The van der Waals surface area contributed by atoms with Gasteiger partial charge >= 0.3 is 11.9 Å². The van der Waals surface area contributed by atoms with E-state index in [9.17, 15) is 9.59 Å². The molecule has 0 aliphatic rings. The average Bonchev–Trinajstić information content (AvgIpc) is 2.47. The zero-order chi connectivity index (χ0) is 15.8. The highest BCUT2D eigenvalue weighted by atomic mass is 16.5. The van der Waals surface area contributed by atoms with Gasteiger partial charge in [0.1, 0.15) is 0 Å². The minimum Gasteiger partial charge on any atom is -0.466 e. The molecule has 4 nitrogen and oxygen atoms in total. The van der Waals surface area contributed by atoms with Crippen LogP contribution in [0.2, 0.25) is 0 Å². The predicted octanol–water partition coefficient (Wildman–Crippen LogP) is 4.40. The van der Waals surface area contributed by atoms with Crippen molar-refractivity contribution in [3.63, 3.8) is 0 Å². The summed E-state index contributed by atoms with van der Waals surface area (Å²) in [5.41, 5.74) is 0. The molecule has 4 heteroatoms. The van der Waals surface area contributed by atoms with E-state index < -0.39 is 0 Å². The molecule has 0 rings (SSSR count). The smallest absolute Gasteiger partial charge is 0.305 e. The molecule has 0 saturated heterocycles. The molecule has 0 amide bonds. The SMILES string of the molecule is CCCCCCOC(=O)CCCCCC(=O)OCCCC. The van der Waals surface area contributed by atoms with Gasteiger partial charge in [-0.2, -0.15) is 0 Å². The van der Waals surface area contributed by atoms with Crippen molar-refractivity contribution >= 4 is 11.9 Å². The van der Waals surface area contributed by atoms with Crippen LogP contribution in [-0.2, 0) is 19.1 Å². The van der Waals surface area contributed by atoms with Gasteiger partial charge in [-0.1, -0.05) is 46.0 Å². The number of esters is 2. The molecule has 0 bridgehead atoms. The summed E-state index contributed by atoms with van der Waals surface area (Å²) in [4.78, 5) is 22.8. The summed E-state index contributed by atoms with van der Waals surface area (Å²) in [6, 6.07) is 0. The lowest BCUT2D eigenvalue weighted by Gasteiger charge is -2.05. The maximum Gasteiger partial charge on any atom is 0.305 e. The first kappa shape index (κ1) is 19.9. The van der Waals surface area contributed by atoms with Gasteiger partial charge in [0.05, 0.1) is 13.2 Å². The number of ether oxygens (including phenoxy) is 2. The van der Waals surface area contributed by atoms with Gasteiger partial charge < -0.3 is 9.47 Å². The van der Waals surface area contributed by atoms with Crippen LogP contribution in [0.25, 0.3) is 0 Å². The Bertz CT molecular complexity index is 264. The number of rotatable bonds is 14. The molecule has 0 heterocycles. The highest BCUT2D eigenvalue weighted by Gasteiger charge is 2.05. The van der Waals surface area contributed by atoms with Gasteiger partial charge in [-0.25, -0.2) is 0 Å². The van der Waals surface area contributed by atoms with Crippen LogP contribution in [0.4, 0.5) is 0 Å². The molecule has 0 N–H and O–H groups in total. The third-order valence-electron chi connectivity index (χ3n) is 3.28. The Balaban J connectivity index is 3.29. The highest BCUT2D eigenvalue weighted by Crippen LogP contribution is 2.06. The van der Waals surface area contributed by atoms with Crippen molar-refractivity contribution in [1.82, 2.24) is 0 Å². The van der Waals surface area contributed by atoms with Crippen molar-refractivity contribution in [3.05, 3.63) is 0 Å². The van der Waals surface area contributed by atoms with Crippen molar-refractivity contribution in [2.45, 2.75) is 84.5 Å². The zero-order valence-electron chi connectivity index (χ0n) is 13.8. The topological polar surface area (TPSA) is 52.6 Å². The Labute approximate surface area is 129 Å². The lowest BCUT2D eigenvalue weighted by Crippen LogP contribution is -2.07. The average molecular weight is 300 g/mol. The van der Waals surface area contributed by atoms with Gasteiger partial charge in [0, 0.05) is 12.8 Å². The van der Waals surface area contributed by atoms with Crippen LogP contribution >= 0.6 is 0 Å². The van der Waals surface area contributed by atoms with E-state index in [-0.39, 0.29) is 11.9 Å². The zero-order valence-corrected chi connectivity index (χ0v) is 13.8. The summed E-state index contributed by atoms with van der Waals surface area (Å²) in [6.45, 7) is 5.30. The second-order valence-corrected chi connectivity index (χ2v) is 5.42. The van der Waals surface area contributed by atoms with Crippen molar-refractivity contribution in [2.24, 2.45) is 0 Å². The molecule has 0 fully saturated rings. The molecular weight excluding hydrogens is 268 g/mol. The second-order valence-electron chi connectivity index (χ2n) is 5.42. The molecule has 0 unspecified atom stereocenters. The molecule has 0 aromatic carbocycles. The fourth-order valence-corrected chi connectivity index (χ4v) is 1.90. The van der Waals surface area contributed by atoms with E-state index in [1.165, 1.54) is 12.8 Å². The van der Waals surface area contributed by atoms with E-state index in [0.29, 0.717) is 26.1 Å². The van der Waals surface area contributed by atoms with Crippen LogP contribution in [0, 0.1) is 0 Å². The summed E-state index contributed by atoms with van der Waals surface area (Å²) in [7, 11) is 0. The van der Waals surface area contributed by atoms with E-state index in [1.807, 2.05) is 0 Å². The summed E-state index contributed by atoms with van der Waals surface area (Å²) in [6.07, 6.45) is 9.80. The largest absolute Gasteiger partial charge is 0.466 e. The number of carbonyl (C=O) groups is 2. The number of hydrogen-bond acceptors (Lipinski definition) is 4. The van der Waals surface area contributed by atoms with Crippen LogP contribution in [-0.4, -0.2) is 25.2 Å². The van der Waals surface area contributed by atoms with Crippen LogP contribution < -0.4 is 0 Å². The summed E-state index contributed by atoms with van der Waals surface area (Å²) >= 11 is 0. The van der Waals surface area contributed by atoms with E-state index >= 15 is 0 Å². The summed E-state index contributed by atoms with van der Waals surface area (Å²) < 4.78 is 10.2. The van der Waals surface area contributed by atoms with Crippen LogP contribution in [0.3, 0.4) is 0 Å². The van der Waals surface area contributed by atoms with Gasteiger partial charge in [0.15, 0.2) is 0 Å². The fourth-order valence-electron chi connectivity index (χ4n) is 1.90. The van der Waals surface area contributed by atoms with Crippen molar-refractivity contribution < 1.29 is 19.1 Å². The second kappa shape index (κ2) is 15.3. The van der Waals surface area contributed by atoms with Crippen LogP contribution in [0.15, 0.2) is 0 Å². The number of unbranched alkanes of at least 4 members (excludes halogenated alkanes) is 6. The molecule has 21 heavy (non-hydrogen) atoms. The third kappa shape index (κ3) is 15.2. The highest BCUT2D eigenvalue weighted by molar-refractivity contribution is 5.69. The maximum absolute atomic E-state index is 11.4. The van der Waals surface area contributed by atoms with Crippen LogP contribution in [0.5, 0.6) is 0 Å². The van der Waals surface area contributed by atoms with E-state index in [2.05, 4.69) is 13.8 Å². The lowest BCUT2D eigenvalue weighted by molar-refractivity contribution is -0.144. The molecule has 124 valence electrons. The molecule has 0 atom stereocenters. The van der Waals surface area contributed by atoms with Gasteiger partial charge in [-0.15, -0.1) is 0 Å². The van der Waals surface area contributed by atoms with Gasteiger partial charge in [-0.3, -0.25) is 9.59 Å². The minimum atomic E-state index is -0.123. The Hall–Kier alpha value is -1.06. The Morgan fingerprint density at radius 3 is 1.62 bits per heavy atom. The van der Waals surface area contributed by atoms with Gasteiger partial charge in [0.2, 0.25) is 0 Å². The van der Waals surface area contributed by atoms with E-state index in [0.717, 1.165) is 44.9 Å². The molecule has 0 aromatic rings. The fraction of sp³-hybridized carbons (Fsp3) is 0.882. The predicted molar refractivity (Wildman–Crippen MR) is 84.1 cm³/mol. The quantitative estimate of drug-likeness (QED) is 0.352. The molecule has 0 spiro atoms. The first-order chi connectivity index (χ1) is 10.2. The summed E-state index contributed by atoms with van der Waals surface area (Å²) in [5.74, 6) is -0.237. The van der Waals surface area contributed by atoms with Gasteiger partial charge in [0.25, 0.3) is 0 Å². The first-order valence-corrected chi connectivity index (χ1v) is 8.52. The van der Waals surface area contributed by atoms with E-state index in [1.54, 1.807) is 0 Å². The monoisotopic (exact) mass is 300 g/mol. The summed E-state index contributed by atoms with van der Waals surface area (Å²) in [5, 5.41) is 0. The van der Waals surface area contributed by atoms with Gasteiger partial charge in [-0.05, 0) is 25.7 Å². The maximum atomic E-state index is 11.4. The number of carbonyl (C=O) groups excluding carboxylic acids is 2. The molecule has 0 aromatic heterocycles.